The van der Waals surface area contributed by atoms with Gasteiger partial charge < -0.3 is 15.5 Å². The van der Waals surface area contributed by atoms with E-state index in [9.17, 15) is 15.0 Å². The van der Waals surface area contributed by atoms with E-state index in [1.165, 1.54) is 263 Å². The molecular weight excluding hydrogens is 951 g/mol. The molecule has 3 N–H and O–H groups in total. The number of allylic oxidation sites excluding steroid dienone is 14. The summed E-state index contributed by atoms with van der Waals surface area (Å²) in [6.45, 7) is 4.28. The average molecular weight is 1090 g/mol. The highest BCUT2D eigenvalue weighted by atomic mass is 16.3. The van der Waals surface area contributed by atoms with Crippen LogP contribution in [0.4, 0.5) is 0 Å². The van der Waals surface area contributed by atoms with Gasteiger partial charge in [0.15, 0.2) is 0 Å². The topological polar surface area (TPSA) is 69.6 Å². The lowest BCUT2D eigenvalue weighted by Gasteiger charge is -2.22. The van der Waals surface area contributed by atoms with Gasteiger partial charge in [0.2, 0.25) is 5.91 Å². The van der Waals surface area contributed by atoms with Crippen LogP contribution in [-0.2, 0) is 4.79 Å². The summed E-state index contributed by atoms with van der Waals surface area (Å²) in [6, 6.07) is -0.543. The fourth-order valence-electron chi connectivity index (χ4n) is 10.7. The normalized spacial score (nSPS) is 13.2. The quantitative estimate of drug-likeness (QED) is 0.0420. The summed E-state index contributed by atoms with van der Waals surface area (Å²) in [7, 11) is 0. The lowest BCUT2D eigenvalue weighted by atomic mass is 10.0. The third-order valence-electron chi connectivity index (χ3n) is 15.9. The SMILES string of the molecule is CC/C=C\C/C=C\C/C=C\C/C=C\C/C=C\C/C=C\C/C=C\CCCCCCCCCCCCCCCC(=O)NC(CO)C(O)CCCCCCCCCCCCCCCCCCCCCCCCCCCCCCCCC. The van der Waals surface area contributed by atoms with E-state index in [0.717, 1.165) is 70.6 Å². The maximum absolute atomic E-state index is 12.6. The molecule has 0 aromatic carbocycles. The highest BCUT2D eigenvalue weighted by Gasteiger charge is 2.20. The number of nitrogens with one attached hydrogen (secondary N) is 1. The van der Waals surface area contributed by atoms with Crippen LogP contribution in [0.3, 0.4) is 0 Å². The minimum Gasteiger partial charge on any atom is -0.394 e. The van der Waals surface area contributed by atoms with E-state index in [1.807, 2.05) is 0 Å². The number of rotatable bonds is 64. The van der Waals surface area contributed by atoms with Crippen LogP contribution in [0.15, 0.2) is 85.1 Å². The smallest absolute Gasteiger partial charge is 0.220 e. The second-order valence-corrected chi connectivity index (χ2v) is 23.6. The molecule has 4 heteroatoms. The van der Waals surface area contributed by atoms with Crippen LogP contribution in [0, 0.1) is 0 Å². The maximum Gasteiger partial charge on any atom is 0.220 e. The molecule has 78 heavy (non-hydrogen) atoms. The number of carbonyl (C=O) groups excluding carboxylic acids is 1. The molecule has 1 amide bonds. The minimum atomic E-state index is -0.666. The molecule has 0 rings (SSSR count). The van der Waals surface area contributed by atoms with Crippen LogP contribution in [0.5, 0.6) is 0 Å². The van der Waals surface area contributed by atoms with Crippen molar-refractivity contribution >= 4 is 5.91 Å². The van der Waals surface area contributed by atoms with Crippen molar-refractivity contribution in [2.45, 2.75) is 373 Å². The highest BCUT2D eigenvalue weighted by Crippen LogP contribution is 2.19. The van der Waals surface area contributed by atoms with Crippen molar-refractivity contribution in [2.75, 3.05) is 6.61 Å². The molecule has 4 nitrogen and oxygen atoms in total. The van der Waals surface area contributed by atoms with Crippen molar-refractivity contribution in [2.24, 2.45) is 0 Å². The molecule has 2 unspecified atom stereocenters. The van der Waals surface area contributed by atoms with Gasteiger partial charge in [0.05, 0.1) is 18.8 Å². The maximum atomic E-state index is 12.6. The molecule has 0 saturated carbocycles. The predicted molar refractivity (Wildman–Crippen MR) is 350 cm³/mol. The van der Waals surface area contributed by atoms with Gasteiger partial charge in [-0.15, -0.1) is 0 Å². The van der Waals surface area contributed by atoms with Crippen LogP contribution in [0.25, 0.3) is 0 Å². The second kappa shape index (κ2) is 68.8. The van der Waals surface area contributed by atoms with Crippen LogP contribution in [0.1, 0.15) is 361 Å². The van der Waals surface area contributed by atoms with Gasteiger partial charge in [0.1, 0.15) is 0 Å². The lowest BCUT2D eigenvalue weighted by molar-refractivity contribution is -0.123. The van der Waals surface area contributed by atoms with Gasteiger partial charge in [-0.05, 0) is 70.6 Å². The Balaban J connectivity index is 3.45. The van der Waals surface area contributed by atoms with Gasteiger partial charge in [-0.2, -0.15) is 0 Å². The minimum absolute atomic E-state index is 0.0303. The molecule has 0 fully saturated rings. The number of aliphatic hydroxyl groups is 2. The number of amides is 1. The predicted octanol–water partition coefficient (Wildman–Crippen LogP) is 23.8. The monoisotopic (exact) mass is 1090 g/mol. The van der Waals surface area contributed by atoms with Crippen molar-refractivity contribution in [1.82, 2.24) is 5.32 Å². The van der Waals surface area contributed by atoms with Gasteiger partial charge in [-0.25, -0.2) is 0 Å². The summed E-state index contributed by atoms with van der Waals surface area (Å²) in [6.07, 6.45) is 101. The first-order valence-electron chi connectivity index (χ1n) is 34.8. The molecule has 0 aliphatic heterocycles. The third kappa shape index (κ3) is 64.4. The van der Waals surface area contributed by atoms with Crippen molar-refractivity contribution in [3.05, 3.63) is 85.1 Å². The Kier molecular flexibility index (Phi) is 66.7. The standard InChI is InChI=1S/C74H135NO3/c1-3-5-7-9-11-13-15-17-19-21-23-25-27-29-31-33-35-36-37-38-40-42-44-46-48-50-52-54-56-58-60-62-64-66-68-70-74(78)75-72(71-76)73(77)69-67-65-63-61-59-57-55-53-51-49-47-45-43-41-39-34-32-30-28-26-24-22-20-18-16-14-12-10-8-6-4-2/h5,7,11,13,17,19,23,25,29,31,35-36,38,40,72-73,76-77H,3-4,6,8-10,12,14-16,18,20-22,24,26-28,30,32-34,37,39,41-71H2,1-2H3,(H,75,78)/b7-5-,13-11-,19-17-,25-23-,31-29-,36-35-,40-38-. The van der Waals surface area contributed by atoms with E-state index >= 15 is 0 Å². The Morgan fingerprint density at radius 3 is 0.846 bits per heavy atom. The van der Waals surface area contributed by atoms with E-state index < -0.39 is 12.1 Å². The zero-order valence-corrected chi connectivity index (χ0v) is 52.4. The molecule has 454 valence electrons. The molecule has 0 spiro atoms. The largest absolute Gasteiger partial charge is 0.394 e. The van der Waals surface area contributed by atoms with Crippen LogP contribution < -0.4 is 5.32 Å². The molecule has 0 heterocycles. The van der Waals surface area contributed by atoms with E-state index in [2.05, 4.69) is 104 Å². The van der Waals surface area contributed by atoms with Crippen LogP contribution in [0.2, 0.25) is 0 Å². The molecule has 0 saturated heterocycles. The lowest BCUT2D eigenvalue weighted by Crippen LogP contribution is -2.45. The summed E-state index contributed by atoms with van der Waals surface area (Å²) in [4.78, 5) is 12.6. The highest BCUT2D eigenvalue weighted by molar-refractivity contribution is 5.76. The first-order valence-corrected chi connectivity index (χ1v) is 34.8. The number of hydrogen-bond acceptors (Lipinski definition) is 3. The summed E-state index contributed by atoms with van der Waals surface area (Å²) < 4.78 is 0. The van der Waals surface area contributed by atoms with Gasteiger partial charge >= 0.3 is 0 Å². The van der Waals surface area contributed by atoms with Crippen molar-refractivity contribution in [1.29, 1.82) is 0 Å². The fraction of sp³-hybridized carbons (Fsp3) is 0.797. The third-order valence-corrected chi connectivity index (χ3v) is 15.9. The Bertz CT molecular complexity index is 1370. The molecular formula is C74H135NO3. The van der Waals surface area contributed by atoms with Gasteiger partial charge in [-0.3, -0.25) is 4.79 Å². The van der Waals surface area contributed by atoms with Crippen molar-refractivity contribution in [3.63, 3.8) is 0 Å². The van der Waals surface area contributed by atoms with Crippen LogP contribution in [-0.4, -0.2) is 34.9 Å². The zero-order chi connectivity index (χ0) is 56.2. The number of aliphatic hydroxyl groups excluding tert-OH is 2. The molecule has 2 atom stereocenters. The van der Waals surface area contributed by atoms with E-state index in [4.69, 9.17) is 0 Å². The van der Waals surface area contributed by atoms with Crippen molar-refractivity contribution in [3.8, 4) is 0 Å². The molecule has 0 aliphatic carbocycles. The average Bonchev–Trinajstić information content (AvgIpc) is 3.44. The first kappa shape index (κ1) is 75.6. The van der Waals surface area contributed by atoms with Gasteiger partial charge in [0.25, 0.3) is 0 Å². The molecule has 0 bridgehead atoms. The summed E-state index contributed by atoms with van der Waals surface area (Å²) >= 11 is 0. The Hall–Kier alpha value is -2.43. The molecule has 0 aliphatic rings. The molecule has 0 radical (unpaired) electrons. The summed E-state index contributed by atoms with van der Waals surface area (Å²) in [5.74, 6) is -0.0303. The zero-order valence-electron chi connectivity index (χ0n) is 52.4. The van der Waals surface area contributed by atoms with Crippen molar-refractivity contribution < 1.29 is 15.0 Å². The first-order chi connectivity index (χ1) is 38.7. The van der Waals surface area contributed by atoms with Crippen LogP contribution >= 0.6 is 0 Å². The summed E-state index contributed by atoms with van der Waals surface area (Å²) in [5, 5.41) is 23.5. The number of carbonyl (C=O) groups is 1. The van der Waals surface area contributed by atoms with Gasteiger partial charge in [0, 0.05) is 6.42 Å². The van der Waals surface area contributed by atoms with Gasteiger partial charge in [-0.1, -0.05) is 369 Å². The molecule has 0 aromatic rings. The Morgan fingerprint density at radius 2 is 0.564 bits per heavy atom. The Labute approximate surface area is 488 Å². The van der Waals surface area contributed by atoms with E-state index in [1.54, 1.807) is 0 Å². The fourth-order valence-corrected chi connectivity index (χ4v) is 10.7. The van der Waals surface area contributed by atoms with E-state index in [0.29, 0.717) is 12.8 Å². The Morgan fingerprint density at radius 1 is 0.321 bits per heavy atom. The second-order valence-electron chi connectivity index (χ2n) is 23.6. The van der Waals surface area contributed by atoms with E-state index in [-0.39, 0.29) is 12.5 Å². The molecule has 0 aromatic heterocycles. The summed E-state index contributed by atoms with van der Waals surface area (Å²) in [5.41, 5.74) is 0. The number of unbranched alkanes of at least 4 members (excludes halogenated alkanes) is 43. The number of hydrogen-bond donors (Lipinski definition) is 3.